The fraction of sp³-hybridized carbons (Fsp3) is 0.190. The van der Waals surface area contributed by atoms with E-state index in [1.165, 1.54) is 36.7 Å². The van der Waals surface area contributed by atoms with Gasteiger partial charge in [0, 0.05) is 18.1 Å². The molecule has 12 heteroatoms. The molecule has 2 aromatic carbocycles. The summed E-state index contributed by atoms with van der Waals surface area (Å²) in [5.74, 6) is -0.642. The molecular weight excluding hydrogens is 466 g/mol. The Balaban J connectivity index is 1.75. The van der Waals surface area contributed by atoms with Gasteiger partial charge in [-0.1, -0.05) is 18.2 Å². The summed E-state index contributed by atoms with van der Waals surface area (Å²) in [6.07, 6.45) is 3.85. The van der Waals surface area contributed by atoms with E-state index in [9.17, 15) is 21.6 Å². The first-order valence-corrected chi connectivity index (χ1v) is 13.0. The Morgan fingerprint density at radius 1 is 0.909 bits per heavy atom. The smallest absolute Gasteiger partial charge is 0.264 e. The monoisotopic (exact) mass is 489 g/mol. The number of sulfonamides is 2. The van der Waals surface area contributed by atoms with Crippen LogP contribution in [0.5, 0.6) is 0 Å². The second-order valence-corrected chi connectivity index (χ2v) is 10.8. The number of hydrogen-bond donors (Lipinski definition) is 2. The Morgan fingerprint density at radius 3 is 2.03 bits per heavy atom. The number of aromatic nitrogens is 2. The van der Waals surface area contributed by atoms with Crippen LogP contribution < -0.4 is 14.3 Å². The number of carbonyl (C=O) groups is 1. The van der Waals surface area contributed by atoms with Crippen molar-refractivity contribution >= 4 is 43.3 Å². The Hall–Kier alpha value is -3.51. The largest absolute Gasteiger partial charge is 0.325 e. The number of amides is 1. The summed E-state index contributed by atoms with van der Waals surface area (Å²) in [5.41, 5.74) is 2.20. The number of anilines is 3. The molecule has 0 fully saturated rings. The molecule has 0 radical (unpaired) electrons. The highest BCUT2D eigenvalue weighted by Gasteiger charge is 2.24. The van der Waals surface area contributed by atoms with Crippen molar-refractivity contribution in [2.24, 2.45) is 0 Å². The topological polar surface area (TPSA) is 138 Å². The number of benzene rings is 2. The van der Waals surface area contributed by atoms with E-state index < -0.39 is 32.5 Å². The molecule has 0 aliphatic heterocycles. The molecule has 3 aromatic rings. The molecular formula is C21H23N5O5S2. The molecule has 3 rings (SSSR count). The van der Waals surface area contributed by atoms with Crippen molar-refractivity contribution in [3.63, 3.8) is 0 Å². The third-order valence-corrected chi connectivity index (χ3v) is 7.07. The molecule has 0 saturated heterocycles. The molecule has 1 heterocycles. The lowest BCUT2D eigenvalue weighted by molar-refractivity contribution is -0.114. The van der Waals surface area contributed by atoms with Gasteiger partial charge in [0.1, 0.15) is 6.54 Å². The molecule has 174 valence electrons. The van der Waals surface area contributed by atoms with Crippen molar-refractivity contribution in [1.82, 2.24) is 9.97 Å². The van der Waals surface area contributed by atoms with Crippen LogP contribution >= 0.6 is 0 Å². The first kappa shape index (κ1) is 24.1. The normalized spacial score (nSPS) is 11.6. The first-order valence-electron chi connectivity index (χ1n) is 9.71. The van der Waals surface area contributed by atoms with Crippen LogP contribution in [0, 0.1) is 13.8 Å². The van der Waals surface area contributed by atoms with Gasteiger partial charge in [0.05, 0.1) is 16.8 Å². The molecule has 2 N–H and O–H groups in total. The average Bonchev–Trinajstić information content (AvgIpc) is 2.73. The van der Waals surface area contributed by atoms with Crippen LogP contribution in [-0.2, 0) is 24.8 Å². The van der Waals surface area contributed by atoms with Gasteiger partial charge in [-0.3, -0.25) is 9.10 Å². The van der Waals surface area contributed by atoms with Gasteiger partial charge in [-0.05, 0) is 55.3 Å². The predicted molar refractivity (Wildman–Crippen MR) is 126 cm³/mol. The average molecular weight is 490 g/mol. The van der Waals surface area contributed by atoms with E-state index in [0.717, 1.165) is 21.7 Å². The summed E-state index contributed by atoms with van der Waals surface area (Å²) in [4.78, 5) is 20.2. The molecule has 0 aliphatic rings. The molecule has 0 bridgehead atoms. The third-order valence-electron chi connectivity index (χ3n) is 4.62. The van der Waals surface area contributed by atoms with Crippen LogP contribution in [0.4, 0.5) is 17.3 Å². The van der Waals surface area contributed by atoms with Crippen molar-refractivity contribution < 1.29 is 21.6 Å². The van der Waals surface area contributed by atoms with Crippen LogP contribution in [-0.4, -0.2) is 45.5 Å². The Morgan fingerprint density at radius 2 is 1.48 bits per heavy atom. The number of nitrogens with zero attached hydrogens (tertiary/aromatic N) is 3. The number of rotatable bonds is 8. The second-order valence-electron chi connectivity index (χ2n) is 7.26. The number of hydrogen-bond acceptors (Lipinski definition) is 7. The summed E-state index contributed by atoms with van der Waals surface area (Å²) in [6, 6.07) is 12.3. The minimum atomic E-state index is -3.92. The molecule has 0 saturated carbocycles. The highest BCUT2D eigenvalue weighted by Crippen LogP contribution is 2.26. The lowest BCUT2D eigenvalue weighted by Crippen LogP contribution is -2.38. The summed E-state index contributed by atoms with van der Waals surface area (Å²) in [6.45, 7) is 3.11. The van der Waals surface area contributed by atoms with Gasteiger partial charge >= 0.3 is 0 Å². The first-order chi connectivity index (χ1) is 15.5. The van der Waals surface area contributed by atoms with Gasteiger partial charge in [-0.15, -0.1) is 0 Å². The molecule has 10 nitrogen and oxygen atoms in total. The number of aryl methyl sites for hydroxylation is 2. The molecule has 33 heavy (non-hydrogen) atoms. The van der Waals surface area contributed by atoms with E-state index in [-0.39, 0.29) is 10.8 Å². The highest BCUT2D eigenvalue weighted by molar-refractivity contribution is 7.92. The van der Waals surface area contributed by atoms with Gasteiger partial charge in [-0.25, -0.2) is 31.5 Å². The van der Waals surface area contributed by atoms with E-state index in [0.29, 0.717) is 11.4 Å². The van der Waals surface area contributed by atoms with Crippen molar-refractivity contribution in [2.75, 3.05) is 27.1 Å². The molecule has 0 spiro atoms. The zero-order valence-electron chi connectivity index (χ0n) is 18.2. The quantitative estimate of drug-likeness (QED) is 0.495. The van der Waals surface area contributed by atoms with E-state index >= 15 is 0 Å². The fourth-order valence-electron chi connectivity index (χ4n) is 3.14. The number of nitrogens with one attached hydrogen (secondary N) is 2. The lowest BCUT2D eigenvalue weighted by atomic mass is 10.1. The van der Waals surface area contributed by atoms with Crippen molar-refractivity contribution in [3.8, 4) is 0 Å². The summed E-state index contributed by atoms with van der Waals surface area (Å²) < 4.78 is 53.0. The minimum Gasteiger partial charge on any atom is -0.325 e. The third kappa shape index (κ3) is 6.05. The van der Waals surface area contributed by atoms with E-state index in [4.69, 9.17) is 0 Å². The predicted octanol–water partition coefficient (Wildman–Crippen LogP) is 2.30. The van der Waals surface area contributed by atoms with Crippen LogP contribution in [0.3, 0.4) is 0 Å². The van der Waals surface area contributed by atoms with Crippen molar-refractivity contribution in [1.29, 1.82) is 0 Å². The lowest BCUT2D eigenvalue weighted by Gasteiger charge is -2.25. The summed E-state index contributed by atoms with van der Waals surface area (Å²) >= 11 is 0. The van der Waals surface area contributed by atoms with Gasteiger partial charge in [0.15, 0.2) is 0 Å². The van der Waals surface area contributed by atoms with Crippen LogP contribution in [0.1, 0.15) is 11.1 Å². The van der Waals surface area contributed by atoms with Gasteiger partial charge in [0.2, 0.25) is 21.9 Å². The van der Waals surface area contributed by atoms with Crippen LogP contribution in [0.25, 0.3) is 0 Å². The SMILES string of the molecule is Cc1cccc(C)c1N(CC(=O)Nc1ccc(S(=O)(=O)Nc2ncccn2)cc1)S(C)(=O)=O. The van der Waals surface area contributed by atoms with Gasteiger partial charge < -0.3 is 5.32 Å². The van der Waals surface area contributed by atoms with Crippen molar-refractivity contribution in [2.45, 2.75) is 18.7 Å². The van der Waals surface area contributed by atoms with Gasteiger partial charge in [-0.2, -0.15) is 0 Å². The summed E-state index contributed by atoms with van der Waals surface area (Å²) in [5, 5.41) is 2.60. The van der Waals surface area contributed by atoms with Crippen LogP contribution in [0.15, 0.2) is 65.8 Å². The molecule has 0 aliphatic carbocycles. The molecule has 1 amide bonds. The Kier molecular flexibility index (Phi) is 6.98. The minimum absolute atomic E-state index is 0.0544. The standard InChI is InChI=1S/C21H23N5O5S2/c1-15-6-4-7-16(2)20(15)26(32(3,28)29)14-19(27)24-17-8-10-18(11-9-17)33(30,31)25-21-22-12-5-13-23-21/h4-13H,14H2,1-3H3,(H,24,27)(H,22,23,25). The van der Waals surface area contributed by atoms with E-state index in [2.05, 4.69) is 20.0 Å². The fourth-order valence-corrected chi connectivity index (χ4v) is 5.07. The zero-order chi connectivity index (χ0) is 24.2. The zero-order valence-corrected chi connectivity index (χ0v) is 19.8. The van der Waals surface area contributed by atoms with E-state index in [1.807, 2.05) is 6.07 Å². The molecule has 0 unspecified atom stereocenters. The van der Waals surface area contributed by atoms with E-state index in [1.54, 1.807) is 32.0 Å². The number of carbonyl (C=O) groups excluding carboxylic acids is 1. The second kappa shape index (κ2) is 9.55. The molecule has 0 atom stereocenters. The highest BCUT2D eigenvalue weighted by atomic mass is 32.2. The molecule has 1 aromatic heterocycles. The van der Waals surface area contributed by atoms with Crippen molar-refractivity contribution in [3.05, 3.63) is 72.1 Å². The Labute approximate surface area is 192 Å². The Bertz CT molecular complexity index is 1340. The maximum absolute atomic E-state index is 12.6. The maximum Gasteiger partial charge on any atom is 0.264 e. The number of para-hydroxylation sites is 1. The maximum atomic E-state index is 12.6. The summed E-state index contributed by atoms with van der Waals surface area (Å²) in [7, 11) is -7.65. The van der Waals surface area contributed by atoms with Gasteiger partial charge in [0.25, 0.3) is 10.0 Å². The van der Waals surface area contributed by atoms with Crippen LogP contribution in [0.2, 0.25) is 0 Å².